The molecule has 0 aromatic rings. The lowest BCUT2D eigenvalue weighted by Gasteiger charge is -2.30. The summed E-state index contributed by atoms with van der Waals surface area (Å²) < 4.78 is 5.21. The molecule has 0 aliphatic carbocycles. The monoisotopic (exact) mass is 199 g/mol. The number of hydrogen-bond donors (Lipinski definition) is 0. The maximum absolute atomic E-state index is 11.6. The van der Waals surface area contributed by atoms with E-state index in [9.17, 15) is 4.79 Å². The number of carbonyl (C=O) groups is 1. The summed E-state index contributed by atoms with van der Waals surface area (Å²) in [6.07, 6.45) is 5.37. The zero-order valence-corrected chi connectivity index (χ0v) is 9.29. The molecule has 1 atom stereocenters. The van der Waals surface area contributed by atoms with Crippen LogP contribution < -0.4 is 0 Å². The molecule has 1 fully saturated rings. The topological polar surface area (TPSA) is 29.5 Å². The fourth-order valence-electron chi connectivity index (χ4n) is 1.79. The van der Waals surface area contributed by atoms with E-state index in [0.717, 1.165) is 32.2 Å². The molecule has 1 saturated heterocycles. The van der Waals surface area contributed by atoms with Gasteiger partial charge < -0.3 is 4.74 Å². The molecule has 1 rings (SSSR count). The molecule has 0 spiro atoms. The third-order valence-corrected chi connectivity index (χ3v) is 2.78. The number of likely N-dealkylation sites (tertiary alicyclic amines) is 1. The maximum atomic E-state index is 11.6. The van der Waals surface area contributed by atoms with Crippen molar-refractivity contribution < 1.29 is 9.53 Å². The molecule has 14 heavy (non-hydrogen) atoms. The Kier molecular flexibility index (Phi) is 4.94. The minimum Gasteiger partial charge on any atom is -0.465 e. The predicted molar refractivity (Wildman–Crippen MR) is 56.1 cm³/mol. The molecule has 3 heteroatoms. The molecule has 3 nitrogen and oxygen atoms in total. The summed E-state index contributed by atoms with van der Waals surface area (Å²) in [6, 6.07) is 0.0145. The second kappa shape index (κ2) is 6.02. The van der Waals surface area contributed by atoms with E-state index in [2.05, 4.69) is 11.8 Å². The van der Waals surface area contributed by atoms with Crippen molar-refractivity contribution in [1.82, 2.24) is 4.90 Å². The Morgan fingerprint density at radius 1 is 1.50 bits per heavy atom. The van der Waals surface area contributed by atoms with Crippen molar-refractivity contribution >= 4 is 5.97 Å². The molecule has 0 saturated carbocycles. The summed E-state index contributed by atoms with van der Waals surface area (Å²) in [5.74, 6) is -0.0272. The van der Waals surface area contributed by atoms with E-state index in [1.165, 1.54) is 6.42 Å². The average molecular weight is 199 g/mol. The number of likely N-dealkylation sites (N-methyl/N-ethyl adjacent to an activating group) is 1. The molecule has 1 aliphatic rings. The lowest BCUT2D eigenvalue weighted by atomic mass is 10.0. The Labute approximate surface area is 86.4 Å². The van der Waals surface area contributed by atoms with Crippen molar-refractivity contribution in [1.29, 1.82) is 0 Å². The van der Waals surface area contributed by atoms with Gasteiger partial charge in [-0.2, -0.15) is 0 Å². The lowest BCUT2D eigenvalue weighted by Crippen LogP contribution is -2.42. The summed E-state index contributed by atoms with van der Waals surface area (Å²) in [5.41, 5.74) is 0. The summed E-state index contributed by atoms with van der Waals surface area (Å²) in [5, 5.41) is 0. The number of carbonyl (C=O) groups excluding carboxylic acids is 1. The van der Waals surface area contributed by atoms with E-state index in [4.69, 9.17) is 4.74 Å². The van der Waals surface area contributed by atoms with Crippen LogP contribution in [0.3, 0.4) is 0 Å². The number of esters is 1. The van der Waals surface area contributed by atoms with E-state index in [1.807, 2.05) is 7.05 Å². The van der Waals surface area contributed by atoms with Crippen LogP contribution in [0.25, 0.3) is 0 Å². The minimum atomic E-state index is -0.0272. The van der Waals surface area contributed by atoms with Gasteiger partial charge in [-0.15, -0.1) is 0 Å². The van der Waals surface area contributed by atoms with Gasteiger partial charge in [-0.25, -0.2) is 0 Å². The van der Waals surface area contributed by atoms with Gasteiger partial charge in [0.15, 0.2) is 0 Å². The SMILES string of the molecule is CCCCOC(=O)[C@@H]1CCCCN1C. The van der Waals surface area contributed by atoms with Gasteiger partial charge in [-0.3, -0.25) is 9.69 Å². The summed E-state index contributed by atoms with van der Waals surface area (Å²) in [4.78, 5) is 13.7. The molecule has 0 aromatic carbocycles. The van der Waals surface area contributed by atoms with Gasteiger partial charge in [-0.1, -0.05) is 19.8 Å². The fourth-order valence-corrected chi connectivity index (χ4v) is 1.79. The molecule has 0 aromatic heterocycles. The van der Waals surface area contributed by atoms with Crippen molar-refractivity contribution in [2.75, 3.05) is 20.2 Å². The second-order valence-corrected chi connectivity index (χ2v) is 4.01. The first-order chi connectivity index (χ1) is 6.75. The summed E-state index contributed by atoms with van der Waals surface area (Å²) in [7, 11) is 2.00. The van der Waals surface area contributed by atoms with Crippen LogP contribution in [0.2, 0.25) is 0 Å². The molecular formula is C11H21NO2. The zero-order valence-electron chi connectivity index (χ0n) is 9.29. The minimum absolute atomic E-state index is 0.0145. The van der Waals surface area contributed by atoms with Crippen LogP contribution in [0.1, 0.15) is 39.0 Å². The molecule has 1 heterocycles. The second-order valence-electron chi connectivity index (χ2n) is 4.01. The molecule has 0 radical (unpaired) electrons. The Hall–Kier alpha value is -0.570. The first-order valence-corrected chi connectivity index (χ1v) is 5.62. The Morgan fingerprint density at radius 3 is 2.93 bits per heavy atom. The lowest BCUT2D eigenvalue weighted by molar-refractivity contribution is -0.150. The van der Waals surface area contributed by atoms with Crippen molar-refractivity contribution in [2.24, 2.45) is 0 Å². The first kappa shape index (κ1) is 11.5. The highest BCUT2D eigenvalue weighted by atomic mass is 16.5. The highest BCUT2D eigenvalue weighted by molar-refractivity contribution is 5.75. The van der Waals surface area contributed by atoms with E-state index in [-0.39, 0.29) is 12.0 Å². The Bertz CT molecular complexity index is 182. The fraction of sp³-hybridized carbons (Fsp3) is 0.909. The smallest absolute Gasteiger partial charge is 0.323 e. The van der Waals surface area contributed by atoms with Crippen LogP contribution in [0, 0.1) is 0 Å². The van der Waals surface area contributed by atoms with Crippen molar-refractivity contribution in [3.63, 3.8) is 0 Å². The highest BCUT2D eigenvalue weighted by Gasteiger charge is 2.26. The molecular weight excluding hydrogens is 178 g/mol. The van der Waals surface area contributed by atoms with Crippen LogP contribution in [-0.4, -0.2) is 37.1 Å². The molecule has 0 unspecified atom stereocenters. The van der Waals surface area contributed by atoms with E-state index in [0.29, 0.717) is 6.61 Å². The van der Waals surface area contributed by atoms with Crippen molar-refractivity contribution in [2.45, 2.75) is 45.1 Å². The normalized spacial score (nSPS) is 23.4. The summed E-state index contributed by atoms with van der Waals surface area (Å²) >= 11 is 0. The van der Waals surface area contributed by atoms with E-state index >= 15 is 0 Å². The van der Waals surface area contributed by atoms with E-state index in [1.54, 1.807) is 0 Å². The van der Waals surface area contributed by atoms with Gasteiger partial charge in [0.25, 0.3) is 0 Å². The third kappa shape index (κ3) is 3.29. The van der Waals surface area contributed by atoms with Crippen molar-refractivity contribution in [3.05, 3.63) is 0 Å². The van der Waals surface area contributed by atoms with Gasteiger partial charge in [0.05, 0.1) is 6.61 Å². The van der Waals surface area contributed by atoms with Crippen molar-refractivity contribution in [3.8, 4) is 0 Å². The number of hydrogen-bond acceptors (Lipinski definition) is 3. The van der Waals surface area contributed by atoms with Crippen LogP contribution >= 0.6 is 0 Å². The number of piperidine rings is 1. The highest BCUT2D eigenvalue weighted by Crippen LogP contribution is 2.16. The third-order valence-electron chi connectivity index (χ3n) is 2.78. The maximum Gasteiger partial charge on any atom is 0.323 e. The number of nitrogens with zero attached hydrogens (tertiary/aromatic N) is 1. The van der Waals surface area contributed by atoms with Crippen LogP contribution in [0.15, 0.2) is 0 Å². The van der Waals surface area contributed by atoms with E-state index < -0.39 is 0 Å². The van der Waals surface area contributed by atoms with Gasteiger partial charge in [0, 0.05) is 0 Å². The van der Waals surface area contributed by atoms with Crippen LogP contribution in [0.5, 0.6) is 0 Å². The quantitative estimate of drug-likeness (QED) is 0.511. The van der Waals surface area contributed by atoms with Crippen LogP contribution in [0.4, 0.5) is 0 Å². The standard InChI is InChI=1S/C11H21NO2/c1-3-4-9-14-11(13)10-7-5-6-8-12(10)2/h10H,3-9H2,1-2H3/t10-/m0/s1. The number of ether oxygens (including phenoxy) is 1. The van der Waals surface area contributed by atoms with Gasteiger partial charge in [-0.05, 0) is 32.9 Å². The van der Waals surface area contributed by atoms with Gasteiger partial charge >= 0.3 is 5.97 Å². The van der Waals surface area contributed by atoms with Crippen LogP contribution in [-0.2, 0) is 9.53 Å². The predicted octanol–water partition coefficient (Wildman–Crippen LogP) is 1.81. The first-order valence-electron chi connectivity index (χ1n) is 5.62. The molecule has 1 aliphatic heterocycles. The molecule has 0 amide bonds. The largest absolute Gasteiger partial charge is 0.465 e. The molecule has 82 valence electrons. The average Bonchev–Trinajstić information content (AvgIpc) is 2.18. The Balaban J connectivity index is 2.27. The Morgan fingerprint density at radius 2 is 2.29 bits per heavy atom. The van der Waals surface area contributed by atoms with Gasteiger partial charge in [0.2, 0.25) is 0 Å². The number of rotatable bonds is 4. The molecule has 0 bridgehead atoms. The van der Waals surface area contributed by atoms with Gasteiger partial charge in [0.1, 0.15) is 6.04 Å². The zero-order chi connectivity index (χ0) is 10.4. The number of unbranched alkanes of at least 4 members (excludes halogenated alkanes) is 1. The molecule has 0 N–H and O–H groups in total. The summed E-state index contributed by atoms with van der Waals surface area (Å²) in [6.45, 7) is 3.70.